The smallest absolute Gasteiger partial charge is 0.339 e. The van der Waals surface area contributed by atoms with Gasteiger partial charge < -0.3 is 14.9 Å². The first-order valence-electron chi connectivity index (χ1n) is 5.24. The Balaban J connectivity index is 3.17. The number of carbonyl (C=O) groups is 1. The zero-order valence-corrected chi connectivity index (χ0v) is 9.99. The highest BCUT2D eigenvalue weighted by molar-refractivity contribution is 5.91. The highest BCUT2D eigenvalue weighted by Gasteiger charge is 2.17. The Hall–Kier alpha value is -1.97. The Kier molecular flexibility index (Phi) is 4.15. The molecule has 1 aromatic carbocycles. The van der Waals surface area contributed by atoms with Crippen molar-refractivity contribution in [1.82, 2.24) is 0 Å². The minimum Gasteiger partial charge on any atom is -0.507 e. The van der Waals surface area contributed by atoms with Gasteiger partial charge in [-0.3, -0.25) is 0 Å². The van der Waals surface area contributed by atoms with E-state index in [1.165, 1.54) is 13.2 Å². The summed E-state index contributed by atoms with van der Waals surface area (Å²) in [7, 11) is 1.49. The van der Waals surface area contributed by atoms with Crippen LogP contribution in [-0.2, 0) is 6.42 Å². The van der Waals surface area contributed by atoms with Crippen molar-refractivity contribution < 1.29 is 19.7 Å². The van der Waals surface area contributed by atoms with Gasteiger partial charge >= 0.3 is 5.97 Å². The van der Waals surface area contributed by atoms with E-state index in [1.807, 2.05) is 6.92 Å². The van der Waals surface area contributed by atoms with Gasteiger partial charge in [0.05, 0.1) is 7.11 Å². The van der Waals surface area contributed by atoms with Gasteiger partial charge in [0.15, 0.2) is 0 Å². The monoisotopic (exact) mass is 236 g/mol. The molecule has 0 radical (unpaired) electrons. The molecule has 0 fully saturated rings. The van der Waals surface area contributed by atoms with Crippen molar-refractivity contribution in [2.75, 3.05) is 7.11 Å². The third-order valence-corrected chi connectivity index (χ3v) is 2.49. The molecule has 17 heavy (non-hydrogen) atoms. The number of aromatic hydroxyl groups is 1. The number of rotatable bonds is 5. The van der Waals surface area contributed by atoms with E-state index in [0.29, 0.717) is 24.2 Å². The van der Waals surface area contributed by atoms with Crippen LogP contribution in [0.4, 0.5) is 0 Å². The van der Waals surface area contributed by atoms with Gasteiger partial charge in [0.2, 0.25) is 0 Å². The summed E-state index contributed by atoms with van der Waals surface area (Å²) < 4.78 is 5.11. The third-order valence-electron chi connectivity index (χ3n) is 2.49. The van der Waals surface area contributed by atoms with Crippen molar-refractivity contribution in [1.29, 1.82) is 0 Å². The Morgan fingerprint density at radius 2 is 2.12 bits per heavy atom. The summed E-state index contributed by atoms with van der Waals surface area (Å²) in [6.45, 7) is 5.65. The lowest BCUT2D eigenvalue weighted by Crippen LogP contribution is -2.01. The molecule has 0 unspecified atom stereocenters. The quantitative estimate of drug-likeness (QED) is 0.771. The van der Waals surface area contributed by atoms with Crippen molar-refractivity contribution >= 4 is 5.97 Å². The SMILES string of the molecule is C=C(C)CCc1c(OC)ccc(C(=O)O)c1O. The van der Waals surface area contributed by atoms with Gasteiger partial charge in [-0.05, 0) is 31.9 Å². The maximum Gasteiger partial charge on any atom is 0.339 e. The van der Waals surface area contributed by atoms with Crippen molar-refractivity contribution in [3.63, 3.8) is 0 Å². The second-order valence-electron chi connectivity index (χ2n) is 3.90. The molecule has 92 valence electrons. The van der Waals surface area contributed by atoms with Crippen LogP contribution < -0.4 is 4.74 Å². The molecule has 1 aromatic rings. The molecule has 0 heterocycles. The Bertz CT molecular complexity index is 449. The number of phenols is 1. The van der Waals surface area contributed by atoms with Gasteiger partial charge in [-0.2, -0.15) is 0 Å². The zero-order chi connectivity index (χ0) is 13.0. The van der Waals surface area contributed by atoms with Gasteiger partial charge in [-0.15, -0.1) is 6.58 Å². The van der Waals surface area contributed by atoms with Crippen LogP contribution in [0.3, 0.4) is 0 Å². The molecule has 0 aliphatic carbocycles. The largest absolute Gasteiger partial charge is 0.507 e. The molecule has 0 bridgehead atoms. The van der Waals surface area contributed by atoms with Gasteiger partial charge in [0.1, 0.15) is 17.1 Å². The zero-order valence-electron chi connectivity index (χ0n) is 9.99. The molecule has 0 aliphatic heterocycles. The van der Waals surface area contributed by atoms with Gasteiger partial charge in [0, 0.05) is 5.56 Å². The lowest BCUT2D eigenvalue weighted by molar-refractivity contribution is 0.0693. The first-order chi connectivity index (χ1) is 7.97. The molecule has 0 saturated heterocycles. The summed E-state index contributed by atoms with van der Waals surface area (Å²) in [6, 6.07) is 2.89. The number of carboxylic acid groups (broad SMARTS) is 1. The second kappa shape index (κ2) is 5.39. The number of allylic oxidation sites excluding steroid dienone is 1. The fourth-order valence-corrected chi connectivity index (χ4v) is 1.56. The van der Waals surface area contributed by atoms with Crippen LogP contribution in [0.5, 0.6) is 11.5 Å². The molecule has 0 spiro atoms. The van der Waals surface area contributed by atoms with Crippen LogP contribution in [0.15, 0.2) is 24.3 Å². The topological polar surface area (TPSA) is 66.8 Å². The first kappa shape index (κ1) is 13.1. The average Bonchev–Trinajstić information content (AvgIpc) is 2.26. The number of carboxylic acids is 1. The minimum atomic E-state index is -1.15. The number of methoxy groups -OCH3 is 1. The van der Waals surface area contributed by atoms with E-state index < -0.39 is 5.97 Å². The molecule has 0 aromatic heterocycles. The van der Waals surface area contributed by atoms with Crippen LogP contribution in [0, 0.1) is 0 Å². The van der Waals surface area contributed by atoms with Crippen LogP contribution in [0.25, 0.3) is 0 Å². The van der Waals surface area contributed by atoms with E-state index in [0.717, 1.165) is 5.57 Å². The van der Waals surface area contributed by atoms with E-state index in [9.17, 15) is 9.90 Å². The number of aromatic carboxylic acids is 1. The number of hydrogen-bond acceptors (Lipinski definition) is 3. The van der Waals surface area contributed by atoms with Crippen LogP contribution in [-0.4, -0.2) is 23.3 Å². The van der Waals surface area contributed by atoms with E-state index in [4.69, 9.17) is 9.84 Å². The molecule has 0 amide bonds. The Morgan fingerprint density at radius 1 is 1.47 bits per heavy atom. The fraction of sp³-hybridized carbons (Fsp3) is 0.308. The van der Waals surface area contributed by atoms with E-state index in [1.54, 1.807) is 6.07 Å². The van der Waals surface area contributed by atoms with E-state index >= 15 is 0 Å². The second-order valence-corrected chi connectivity index (χ2v) is 3.90. The third kappa shape index (κ3) is 3.00. The van der Waals surface area contributed by atoms with Crippen LogP contribution >= 0.6 is 0 Å². The predicted molar refractivity (Wildman–Crippen MR) is 64.8 cm³/mol. The molecular formula is C13H16O4. The van der Waals surface area contributed by atoms with Crippen LogP contribution in [0.1, 0.15) is 29.3 Å². The van der Waals surface area contributed by atoms with Crippen molar-refractivity contribution in [3.8, 4) is 11.5 Å². The first-order valence-corrected chi connectivity index (χ1v) is 5.24. The molecule has 0 saturated carbocycles. The van der Waals surface area contributed by atoms with Crippen molar-refractivity contribution in [3.05, 3.63) is 35.4 Å². The summed E-state index contributed by atoms with van der Waals surface area (Å²) in [4.78, 5) is 10.9. The van der Waals surface area contributed by atoms with Crippen molar-refractivity contribution in [2.45, 2.75) is 19.8 Å². The Labute approximate surface area is 100 Å². The summed E-state index contributed by atoms with van der Waals surface area (Å²) in [5.74, 6) is -0.881. The minimum absolute atomic E-state index is 0.109. The molecule has 2 N–H and O–H groups in total. The molecule has 1 rings (SSSR count). The summed E-state index contributed by atoms with van der Waals surface area (Å²) >= 11 is 0. The van der Waals surface area contributed by atoms with Gasteiger partial charge in [-0.1, -0.05) is 5.57 Å². The fourth-order valence-electron chi connectivity index (χ4n) is 1.56. The molecule has 4 nitrogen and oxygen atoms in total. The van der Waals surface area contributed by atoms with Gasteiger partial charge in [-0.25, -0.2) is 4.79 Å². The molecular weight excluding hydrogens is 220 g/mol. The van der Waals surface area contributed by atoms with E-state index in [-0.39, 0.29) is 11.3 Å². The standard InChI is InChI=1S/C13H16O4/c1-8(2)4-5-9-11(17-3)7-6-10(12(9)14)13(15)16/h6-7,14H,1,4-5H2,2-3H3,(H,15,16). The highest BCUT2D eigenvalue weighted by atomic mass is 16.5. The van der Waals surface area contributed by atoms with Crippen LogP contribution in [0.2, 0.25) is 0 Å². The van der Waals surface area contributed by atoms with Crippen molar-refractivity contribution in [2.24, 2.45) is 0 Å². The average molecular weight is 236 g/mol. The Morgan fingerprint density at radius 3 is 2.59 bits per heavy atom. The molecule has 4 heteroatoms. The number of benzene rings is 1. The predicted octanol–water partition coefficient (Wildman–Crippen LogP) is 2.61. The molecule has 0 atom stereocenters. The van der Waals surface area contributed by atoms with Gasteiger partial charge in [0.25, 0.3) is 0 Å². The maximum atomic E-state index is 10.9. The lowest BCUT2D eigenvalue weighted by Gasteiger charge is -2.12. The summed E-state index contributed by atoms with van der Waals surface area (Å²) in [5, 5.41) is 18.8. The summed E-state index contributed by atoms with van der Waals surface area (Å²) in [6.07, 6.45) is 1.18. The molecule has 0 aliphatic rings. The number of hydrogen-bond donors (Lipinski definition) is 2. The normalized spacial score (nSPS) is 10.0. The van der Waals surface area contributed by atoms with E-state index in [2.05, 4.69) is 6.58 Å². The highest BCUT2D eigenvalue weighted by Crippen LogP contribution is 2.32. The maximum absolute atomic E-state index is 10.9. The number of ether oxygens (including phenoxy) is 1. The summed E-state index contributed by atoms with van der Waals surface area (Å²) in [5.41, 5.74) is 1.37. The lowest BCUT2D eigenvalue weighted by atomic mass is 10.0.